The van der Waals surface area contributed by atoms with Gasteiger partial charge in [0.15, 0.2) is 11.5 Å². The van der Waals surface area contributed by atoms with Crippen molar-refractivity contribution in [1.29, 1.82) is 0 Å². The molecule has 0 fully saturated rings. The molecule has 7 heteroatoms. The predicted molar refractivity (Wildman–Crippen MR) is 69.5 cm³/mol. The summed E-state index contributed by atoms with van der Waals surface area (Å²) in [5.74, 6) is 1.03. The van der Waals surface area contributed by atoms with Crippen LogP contribution >= 0.6 is 0 Å². The molecule has 100 valence electrons. The number of ether oxygens (including phenoxy) is 2. The molecule has 0 bridgehead atoms. The molecular formula is C11H16N2O4S. The third kappa shape index (κ3) is 2.45. The van der Waals surface area contributed by atoms with Crippen molar-refractivity contribution in [1.82, 2.24) is 0 Å². The lowest BCUT2D eigenvalue weighted by molar-refractivity contribution is 0.172. The van der Waals surface area contributed by atoms with E-state index in [9.17, 15) is 8.42 Å². The summed E-state index contributed by atoms with van der Waals surface area (Å²) in [5, 5.41) is -0.537. The molecule has 2 rings (SSSR count). The average molecular weight is 272 g/mol. The number of rotatable bonds is 3. The Labute approximate surface area is 106 Å². The Hall–Kier alpha value is -1.63. The minimum absolute atomic E-state index is 0.309. The monoisotopic (exact) mass is 272 g/mol. The van der Waals surface area contributed by atoms with Gasteiger partial charge in [-0.05, 0) is 13.8 Å². The van der Waals surface area contributed by atoms with Crippen molar-refractivity contribution in [2.45, 2.75) is 19.1 Å². The topological polar surface area (TPSA) is 90.7 Å². The molecule has 1 aromatic rings. The molecule has 0 aromatic heterocycles. The molecule has 1 heterocycles. The largest absolute Gasteiger partial charge is 0.486 e. The smallest absolute Gasteiger partial charge is 0.235 e. The maximum Gasteiger partial charge on any atom is 0.235 e. The summed E-state index contributed by atoms with van der Waals surface area (Å²) in [5.41, 5.74) is 6.41. The van der Waals surface area contributed by atoms with Crippen LogP contribution in [0.15, 0.2) is 12.1 Å². The first-order valence-electron chi connectivity index (χ1n) is 5.61. The van der Waals surface area contributed by atoms with E-state index >= 15 is 0 Å². The van der Waals surface area contributed by atoms with Gasteiger partial charge in [-0.1, -0.05) is 0 Å². The molecular weight excluding hydrogens is 256 g/mol. The lowest BCUT2D eigenvalue weighted by Crippen LogP contribution is -2.23. The fourth-order valence-electron chi connectivity index (χ4n) is 1.46. The van der Waals surface area contributed by atoms with Gasteiger partial charge in [0.1, 0.15) is 13.2 Å². The Morgan fingerprint density at radius 3 is 2.33 bits per heavy atom. The van der Waals surface area contributed by atoms with E-state index in [-0.39, 0.29) is 0 Å². The van der Waals surface area contributed by atoms with Gasteiger partial charge in [-0.3, -0.25) is 4.72 Å². The number of nitrogen functional groups attached to an aromatic ring is 1. The van der Waals surface area contributed by atoms with Crippen molar-refractivity contribution >= 4 is 21.4 Å². The van der Waals surface area contributed by atoms with Crippen LogP contribution in [0.5, 0.6) is 11.5 Å². The second-order valence-electron chi connectivity index (χ2n) is 4.28. The predicted octanol–water partition coefficient (Wildman–Crippen LogP) is 1.19. The van der Waals surface area contributed by atoms with Crippen LogP contribution in [-0.2, 0) is 10.0 Å². The number of hydrogen-bond donors (Lipinski definition) is 2. The number of hydrogen-bond acceptors (Lipinski definition) is 5. The molecule has 0 saturated carbocycles. The standard InChI is InChI=1S/C11H16N2O4S/c1-7(2)18(14,15)13-9-6-11-10(5-8(9)12)16-3-4-17-11/h5-7,13H,3-4,12H2,1-2H3. The highest BCUT2D eigenvalue weighted by Gasteiger charge is 2.20. The highest BCUT2D eigenvalue weighted by molar-refractivity contribution is 7.93. The van der Waals surface area contributed by atoms with Crippen LogP contribution in [0.2, 0.25) is 0 Å². The van der Waals surface area contributed by atoms with Gasteiger partial charge in [0.2, 0.25) is 10.0 Å². The molecule has 0 atom stereocenters. The molecule has 6 nitrogen and oxygen atoms in total. The van der Waals surface area contributed by atoms with Crippen molar-refractivity contribution in [3.8, 4) is 11.5 Å². The Morgan fingerprint density at radius 2 is 1.78 bits per heavy atom. The Morgan fingerprint density at radius 1 is 1.22 bits per heavy atom. The van der Waals surface area contributed by atoms with Crippen LogP contribution < -0.4 is 19.9 Å². The normalized spacial score (nSPS) is 14.6. The average Bonchev–Trinajstić information content (AvgIpc) is 2.29. The zero-order valence-electron chi connectivity index (χ0n) is 10.3. The minimum Gasteiger partial charge on any atom is -0.486 e. The zero-order valence-corrected chi connectivity index (χ0v) is 11.1. The van der Waals surface area contributed by atoms with Crippen LogP contribution in [0.3, 0.4) is 0 Å². The fourth-order valence-corrected chi connectivity index (χ4v) is 2.18. The maximum atomic E-state index is 11.8. The molecule has 0 amide bonds. The van der Waals surface area contributed by atoms with E-state index in [2.05, 4.69) is 4.72 Å². The lowest BCUT2D eigenvalue weighted by atomic mass is 10.2. The summed E-state index contributed by atoms with van der Waals surface area (Å²) < 4.78 is 36.7. The summed E-state index contributed by atoms with van der Waals surface area (Å²) >= 11 is 0. The molecule has 0 radical (unpaired) electrons. The SMILES string of the molecule is CC(C)S(=O)(=O)Nc1cc2c(cc1N)OCCO2. The van der Waals surface area contributed by atoms with Crippen LogP contribution in [0.25, 0.3) is 0 Å². The van der Waals surface area contributed by atoms with Crippen molar-refractivity contribution in [2.75, 3.05) is 23.7 Å². The lowest BCUT2D eigenvalue weighted by Gasteiger charge is -2.21. The molecule has 1 aliphatic heterocycles. The van der Waals surface area contributed by atoms with Gasteiger partial charge in [-0.15, -0.1) is 0 Å². The molecule has 0 saturated heterocycles. The summed E-state index contributed by atoms with van der Waals surface area (Å²) in [6.45, 7) is 4.09. The number of nitrogens with two attached hydrogens (primary N) is 1. The first-order chi connectivity index (χ1) is 8.40. The van der Waals surface area contributed by atoms with E-state index in [1.54, 1.807) is 26.0 Å². The Kier molecular flexibility index (Phi) is 3.25. The van der Waals surface area contributed by atoms with E-state index in [0.29, 0.717) is 36.1 Å². The van der Waals surface area contributed by atoms with Crippen molar-refractivity contribution in [3.05, 3.63) is 12.1 Å². The fraction of sp³-hybridized carbons (Fsp3) is 0.455. The van der Waals surface area contributed by atoms with Gasteiger partial charge in [0.25, 0.3) is 0 Å². The molecule has 1 aromatic carbocycles. The Balaban J connectivity index is 2.35. The van der Waals surface area contributed by atoms with E-state index in [4.69, 9.17) is 15.2 Å². The van der Waals surface area contributed by atoms with E-state index < -0.39 is 15.3 Å². The van der Waals surface area contributed by atoms with Crippen LogP contribution in [0.4, 0.5) is 11.4 Å². The molecule has 18 heavy (non-hydrogen) atoms. The molecule has 0 spiro atoms. The number of benzene rings is 1. The first kappa shape index (κ1) is 12.8. The quantitative estimate of drug-likeness (QED) is 0.807. The van der Waals surface area contributed by atoms with Crippen molar-refractivity contribution in [2.24, 2.45) is 0 Å². The number of sulfonamides is 1. The van der Waals surface area contributed by atoms with Gasteiger partial charge in [-0.25, -0.2) is 8.42 Å². The number of anilines is 2. The molecule has 1 aliphatic rings. The zero-order chi connectivity index (χ0) is 13.3. The first-order valence-corrected chi connectivity index (χ1v) is 7.15. The maximum absolute atomic E-state index is 11.8. The van der Waals surface area contributed by atoms with Crippen LogP contribution in [-0.4, -0.2) is 26.9 Å². The molecule has 0 unspecified atom stereocenters. The second kappa shape index (κ2) is 4.56. The van der Waals surface area contributed by atoms with Gasteiger partial charge in [0.05, 0.1) is 16.6 Å². The van der Waals surface area contributed by atoms with Crippen molar-refractivity contribution in [3.63, 3.8) is 0 Å². The summed E-state index contributed by atoms with van der Waals surface area (Å²) in [4.78, 5) is 0. The molecule has 0 aliphatic carbocycles. The third-order valence-corrected chi connectivity index (χ3v) is 4.33. The van der Waals surface area contributed by atoms with Crippen LogP contribution in [0, 0.1) is 0 Å². The third-order valence-electron chi connectivity index (χ3n) is 2.59. The minimum atomic E-state index is -3.43. The van der Waals surface area contributed by atoms with Crippen LogP contribution in [0.1, 0.15) is 13.8 Å². The van der Waals surface area contributed by atoms with Crippen molar-refractivity contribution < 1.29 is 17.9 Å². The van der Waals surface area contributed by atoms with E-state index in [0.717, 1.165) is 0 Å². The highest BCUT2D eigenvalue weighted by atomic mass is 32.2. The van der Waals surface area contributed by atoms with E-state index in [1.165, 1.54) is 0 Å². The number of fused-ring (bicyclic) bond motifs is 1. The van der Waals surface area contributed by atoms with E-state index in [1.807, 2.05) is 0 Å². The van der Waals surface area contributed by atoms with Gasteiger partial charge in [0, 0.05) is 12.1 Å². The molecule has 3 N–H and O–H groups in total. The van der Waals surface area contributed by atoms with Gasteiger partial charge < -0.3 is 15.2 Å². The summed E-state index contributed by atoms with van der Waals surface area (Å²) in [6.07, 6.45) is 0. The Bertz CT molecular complexity index is 554. The summed E-state index contributed by atoms with van der Waals surface area (Å²) in [7, 11) is -3.43. The van der Waals surface area contributed by atoms with Gasteiger partial charge in [-0.2, -0.15) is 0 Å². The van der Waals surface area contributed by atoms with Gasteiger partial charge >= 0.3 is 0 Å². The number of nitrogens with one attached hydrogen (secondary N) is 1. The highest BCUT2D eigenvalue weighted by Crippen LogP contribution is 2.37. The summed E-state index contributed by atoms with van der Waals surface area (Å²) in [6, 6.07) is 3.11. The second-order valence-corrected chi connectivity index (χ2v) is 6.52.